The van der Waals surface area contributed by atoms with Crippen molar-refractivity contribution in [2.45, 2.75) is 50.1 Å². The molecule has 2 heteroatoms. The van der Waals surface area contributed by atoms with E-state index in [1.165, 1.54) is 35.5 Å². The van der Waals surface area contributed by atoms with Crippen molar-refractivity contribution in [3.8, 4) is 0 Å². The predicted molar refractivity (Wildman–Crippen MR) is 72.0 cm³/mol. The number of rotatable bonds is 5. The van der Waals surface area contributed by atoms with Gasteiger partial charge in [0, 0.05) is 22.7 Å². The van der Waals surface area contributed by atoms with Gasteiger partial charge in [0.2, 0.25) is 0 Å². The van der Waals surface area contributed by atoms with Crippen LogP contribution in [0.3, 0.4) is 0 Å². The van der Waals surface area contributed by atoms with Gasteiger partial charge >= 0.3 is 0 Å². The van der Waals surface area contributed by atoms with Gasteiger partial charge in [-0.05, 0) is 25.0 Å². The zero-order chi connectivity index (χ0) is 11.4. The first kappa shape index (κ1) is 12.0. The predicted octanol–water partition coefficient (Wildman–Crippen LogP) is 4.00. The average molecular weight is 235 g/mol. The number of thioether (sulfide) groups is 1. The second-order valence-electron chi connectivity index (χ2n) is 4.61. The highest BCUT2D eigenvalue weighted by Gasteiger charge is 2.23. The van der Waals surface area contributed by atoms with Crippen LogP contribution in [0, 0.1) is 0 Å². The number of fused-ring (bicyclic) bond motifs is 1. The smallest absolute Gasteiger partial charge is 0.0428 e. The Morgan fingerprint density at radius 3 is 3.06 bits per heavy atom. The van der Waals surface area contributed by atoms with Gasteiger partial charge < -0.3 is 5.32 Å². The van der Waals surface area contributed by atoms with E-state index in [1.807, 2.05) is 11.8 Å². The molecule has 1 aliphatic rings. The molecule has 2 rings (SSSR count). The lowest BCUT2D eigenvalue weighted by atomic mass is 10.1. The Bertz CT molecular complexity index is 337. The van der Waals surface area contributed by atoms with Gasteiger partial charge in [-0.15, -0.1) is 11.8 Å². The number of benzene rings is 1. The molecule has 0 radical (unpaired) electrons. The van der Waals surface area contributed by atoms with Crippen molar-refractivity contribution in [3.63, 3.8) is 0 Å². The fourth-order valence-corrected chi connectivity index (χ4v) is 3.41. The fourth-order valence-electron chi connectivity index (χ4n) is 2.24. The van der Waals surface area contributed by atoms with E-state index in [9.17, 15) is 0 Å². The van der Waals surface area contributed by atoms with Gasteiger partial charge in [-0.3, -0.25) is 0 Å². The minimum atomic E-state index is 0.563. The van der Waals surface area contributed by atoms with Crippen LogP contribution in [0.4, 0.5) is 0 Å². The molecule has 1 aliphatic heterocycles. The molecule has 1 heterocycles. The molecule has 0 saturated heterocycles. The van der Waals surface area contributed by atoms with Crippen LogP contribution in [-0.4, -0.2) is 11.8 Å². The summed E-state index contributed by atoms with van der Waals surface area (Å²) in [5.41, 5.74) is 1.50. The van der Waals surface area contributed by atoms with Gasteiger partial charge in [-0.2, -0.15) is 0 Å². The summed E-state index contributed by atoms with van der Waals surface area (Å²) in [4.78, 5) is 1.46. The molecular formula is C14H21NS. The third-order valence-electron chi connectivity index (χ3n) is 3.18. The molecule has 2 atom stereocenters. The quantitative estimate of drug-likeness (QED) is 0.828. The third kappa shape index (κ3) is 2.80. The summed E-state index contributed by atoms with van der Waals surface area (Å²) in [5.74, 6) is 1.19. The number of hydrogen-bond acceptors (Lipinski definition) is 2. The van der Waals surface area contributed by atoms with Crippen molar-refractivity contribution in [1.29, 1.82) is 0 Å². The normalized spacial score (nSPS) is 20.8. The number of unbranched alkanes of at least 4 members (excludes halogenated alkanes) is 1. The van der Waals surface area contributed by atoms with Crippen LogP contribution < -0.4 is 5.32 Å². The van der Waals surface area contributed by atoms with Crippen molar-refractivity contribution < 1.29 is 0 Å². The van der Waals surface area contributed by atoms with Gasteiger partial charge in [0.05, 0.1) is 0 Å². The van der Waals surface area contributed by atoms with Crippen LogP contribution >= 0.6 is 11.8 Å². The van der Waals surface area contributed by atoms with E-state index in [0.717, 1.165) is 0 Å². The average Bonchev–Trinajstić information content (AvgIpc) is 2.70. The maximum Gasteiger partial charge on any atom is 0.0428 e. The summed E-state index contributed by atoms with van der Waals surface area (Å²) >= 11 is 1.98. The molecule has 16 heavy (non-hydrogen) atoms. The van der Waals surface area contributed by atoms with Gasteiger partial charge in [-0.25, -0.2) is 0 Å². The molecule has 0 aliphatic carbocycles. The van der Waals surface area contributed by atoms with Crippen LogP contribution in [0.25, 0.3) is 0 Å². The Morgan fingerprint density at radius 2 is 2.25 bits per heavy atom. The second-order valence-corrected chi connectivity index (χ2v) is 5.67. The van der Waals surface area contributed by atoms with Gasteiger partial charge in [0.1, 0.15) is 0 Å². The van der Waals surface area contributed by atoms with Crippen LogP contribution in [-0.2, 0) is 0 Å². The summed E-state index contributed by atoms with van der Waals surface area (Å²) in [6.07, 6.45) is 3.91. The van der Waals surface area contributed by atoms with Crippen molar-refractivity contribution in [1.82, 2.24) is 5.32 Å². The molecule has 0 saturated carbocycles. The Labute approximate surface area is 103 Å². The molecule has 1 nitrogen and oxygen atoms in total. The second kappa shape index (κ2) is 5.74. The van der Waals surface area contributed by atoms with E-state index < -0.39 is 0 Å². The summed E-state index contributed by atoms with van der Waals surface area (Å²) in [5, 5.41) is 3.75. The molecule has 0 aromatic heterocycles. The zero-order valence-electron chi connectivity index (χ0n) is 10.2. The first-order chi connectivity index (χ1) is 7.81. The van der Waals surface area contributed by atoms with Crippen LogP contribution in [0.2, 0.25) is 0 Å². The number of hydrogen-bond donors (Lipinski definition) is 1. The minimum absolute atomic E-state index is 0.563. The van der Waals surface area contributed by atoms with Crippen molar-refractivity contribution in [3.05, 3.63) is 29.8 Å². The summed E-state index contributed by atoms with van der Waals surface area (Å²) in [6.45, 7) is 4.56. The van der Waals surface area contributed by atoms with Crippen molar-refractivity contribution >= 4 is 11.8 Å². The Kier molecular flexibility index (Phi) is 4.30. The molecule has 0 fully saturated rings. The molecule has 0 amide bonds. The minimum Gasteiger partial charge on any atom is -0.307 e. The van der Waals surface area contributed by atoms with E-state index in [2.05, 4.69) is 43.4 Å². The molecule has 0 bridgehead atoms. The van der Waals surface area contributed by atoms with Crippen LogP contribution in [0.1, 0.15) is 44.7 Å². The zero-order valence-corrected chi connectivity index (χ0v) is 11.0. The van der Waals surface area contributed by atoms with Crippen LogP contribution in [0.15, 0.2) is 29.2 Å². The molecular weight excluding hydrogens is 214 g/mol. The maximum absolute atomic E-state index is 3.75. The lowest BCUT2D eigenvalue weighted by Gasteiger charge is -2.19. The molecule has 1 N–H and O–H groups in total. The van der Waals surface area contributed by atoms with Gasteiger partial charge in [-0.1, -0.05) is 38.0 Å². The lowest BCUT2D eigenvalue weighted by molar-refractivity contribution is 0.449. The highest BCUT2D eigenvalue weighted by Crippen LogP contribution is 2.37. The molecule has 0 spiro atoms. The van der Waals surface area contributed by atoms with E-state index in [4.69, 9.17) is 0 Å². The topological polar surface area (TPSA) is 12.0 Å². The van der Waals surface area contributed by atoms with E-state index in [-0.39, 0.29) is 0 Å². The molecule has 88 valence electrons. The highest BCUT2D eigenvalue weighted by molar-refractivity contribution is 7.99. The fraction of sp³-hybridized carbons (Fsp3) is 0.571. The largest absolute Gasteiger partial charge is 0.307 e. The highest BCUT2D eigenvalue weighted by atomic mass is 32.2. The van der Waals surface area contributed by atoms with E-state index >= 15 is 0 Å². The SMILES string of the molecule is CCCCC(C)NC1CSc2ccccc21. The van der Waals surface area contributed by atoms with Crippen LogP contribution in [0.5, 0.6) is 0 Å². The molecule has 1 aromatic carbocycles. The number of nitrogens with one attached hydrogen (secondary N) is 1. The third-order valence-corrected chi connectivity index (χ3v) is 4.36. The van der Waals surface area contributed by atoms with Crippen molar-refractivity contribution in [2.24, 2.45) is 0 Å². The Balaban J connectivity index is 1.92. The lowest BCUT2D eigenvalue weighted by Crippen LogP contribution is -2.30. The monoisotopic (exact) mass is 235 g/mol. The Morgan fingerprint density at radius 1 is 1.44 bits per heavy atom. The van der Waals surface area contributed by atoms with E-state index in [0.29, 0.717) is 12.1 Å². The van der Waals surface area contributed by atoms with E-state index in [1.54, 1.807) is 0 Å². The standard InChI is InChI=1S/C14H21NS/c1-3-4-7-11(2)15-13-10-16-14-9-6-5-8-12(13)14/h5-6,8-9,11,13,15H,3-4,7,10H2,1-2H3. The molecule has 1 aromatic rings. The molecule has 2 unspecified atom stereocenters. The first-order valence-electron chi connectivity index (χ1n) is 6.29. The van der Waals surface area contributed by atoms with Gasteiger partial charge in [0.15, 0.2) is 0 Å². The Hall–Kier alpha value is -0.470. The summed E-state index contributed by atoms with van der Waals surface area (Å²) in [6, 6.07) is 9.98. The first-order valence-corrected chi connectivity index (χ1v) is 7.27. The van der Waals surface area contributed by atoms with Gasteiger partial charge in [0.25, 0.3) is 0 Å². The van der Waals surface area contributed by atoms with Crippen molar-refractivity contribution in [2.75, 3.05) is 5.75 Å². The summed E-state index contributed by atoms with van der Waals surface area (Å²) in [7, 11) is 0. The maximum atomic E-state index is 3.75. The summed E-state index contributed by atoms with van der Waals surface area (Å²) < 4.78 is 0.